The van der Waals surface area contributed by atoms with E-state index in [0.29, 0.717) is 60.4 Å². The van der Waals surface area contributed by atoms with Gasteiger partial charge >= 0.3 is 12.1 Å². The summed E-state index contributed by atoms with van der Waals surface area (Å²) in [5.74, 6) is -0.00941. The molecule has 0 radical (unpaired) electrons. The maximum absolute atomic E-state index is 12.9. The molecule has 0 bridgehead atoms. The van der Waals surface area contributed by atoms with Gasteiger partial charge in [0.2, 0.25) is 0 Å². The zero-order chi connectivity index (χ0) is 28.9. The minimum atomic E-state index is -0.786. The molecule has 2 amide bonds. The molecule has 11 nitrogen and oxygen atoms in total. The number of unbranched alkanes of at least 4 members (excludes halogenated alkanes) is 2. The van der Waals surface area contributed by atoms with Gasteiger partial charge in [-0.15, -0.1) is 0 Å². The Bertz CT molecular complexity index is 1300. The molecule has 0 unspecified atom stereocenters. The van der Waals surface area contributed by atoms with Crippen molar-refractivity contribution in [3.63, 3.8) is 0 Å². The number of ether oxygens (including phenoxy) is 1. The molecule has 0 saturated carbocycles. The lowest BCUT2D eigenvalue weighted by atomic mass is 10.1. The van der Waals surface area contributed by atoms with Gasteiger partial charge in [-0.1, -0.05) is 18.0 Å². The topological polar surface area (TPSA) is 137 Å². The molecule has 2 aliphatic rings. The minimum absolute atomic E-state index is 0.164. The second-order valence-corrected chi connectivity index (χ2v) is 11.2. The van der Waals surface area contributed by atoms with Crippen molar-refractivity contribution in [2.45, 2.75) is 58.5 Å². The van der Waals surface area contributed by atoms with Crippen molar-refractivity contribution >= 4 is 52.5 Å². The number of aliphatic carboxylic acids is 1. The number of nitrogens with zero attached hydrogens (tertiary/aromatic N) is 4. The average Bonchev–Trinajstić information content (AvgIpc) is 3.22. The highest BCUT2D eigenvalue weighted by Gasteiger charge is 2.33. The maximum Gasteiger partial charge on any atom is 0.410 e. The molecule has 3 N–H and O–H groups in total. The number of carbonyl (C=O) groups is 3. The number of hydrogen-bond donors (Lipinski definition) is 3. The molecule has 3 heterocycles. The number of carboxylic acid groups (broad SMARTS) is 1. The number of benzene rings is 1. The van der Waals surface area contributed by atoms with Crippen LogP contribution in [0.1, 0.15) is 57.6 Å². The number of piperazine rings is 1. The van der Waals surface area contributed by atoms with Crippen LogP contribution in [-0.4, -0.2) is 69.7 Å². The third-order valence-electron chi connectivity index (χ3n) is 6.57. The highest BCUT2D eigenvalue weighted by molar-refractivity contribution is 6.32. The van der Waals surface area contributed by atoms with E-state index in [1.807, 2.05) is 37.8 Å². The summed E-state index contributed by atoms with van der Waals surface area (Å²) in [4.78, 5) is 48.6. The van der Waals surface area contributed by atoms with Crippen molar-refractivity contribution in [2.24, 2.45) is 0 Å². The molecule has 0 atom stereocenters. The number of halogens is 1. The zero-order valence-corrected chi connectivity index (χ0v) is 23.8. The molecule has 0 aliphatic carbocycles. The Hall–Kier alpha value is -3.86. The van der Waals surface area contributed by atoms with Gasteiger partial charge in [0.25, 0.3) is 5.91 Å². The third kappa shape index (κ3) is 7.41. The number of nitrogens with one attached hydrogen (secondary N) is 2. The number of amides is 2. The van der Waals surface area contributed by atoms with Gasteiger partial charge in [-0.2, -0.15) is 0 Å². The number of aromatic nitrogens is 2. The predicted molar refractivity (Wildman–Crippen MR) is 154 cm³/mol. The standard InChI is InChI=1S/C28H35ClN6O5/c1-28(2,3)40-27(39)35-13-11-34(12-14-35)25-23-20(26(38)33-24(23)31-17-32-25)16-30-19-9-10-21(29)18(15-19)7-5-4-6-8-22(36)37/h9-10,15-17,30H,4-8,11-14H2,1-3H3,(H,36,37)(H,31,32,33,38)/b20-16-. The number of anilines is 3. The highest BCUT2D eigenvalue weighted by atomic mass is 35.5. The van der Waals surface area contributed by atoms with Crippen LogP contribution in [0.25, 0.3) is 5.57 Å². The van der Waals surface area contributed by atoms with E-state index in [4.69, 9.17) is 21.4 Å². The first kappa shape index (κ1) is 29.1. The second kappa shape index (κ2) is 12.5. The number of aryl methyl sites for hydroxylation is 1. The minimum Gasteiger partial charge on any atom is -0.481 e. The van der Waals surface area contributed by atoms with Crippen molar-refractivity contribution in [2.75, 3.05) is 41.7 Å². The second-order valence-electron chi connectivity index (χ2n) is 10.8. The fraction of sp³-hybridized carbons (Fsp3) is 0.464. The van der Waals surface area contributed by atoms with Crippen LogP contribution in [0, 0.1) is 0 Å². The summed E-state index contributed by atoms with van der Waals surface area (Å²) in [7, 11) is 0. The fourth-order valence-electron chi connectivity index (χ4n) is 4.59. The fourth-order valence-corrected chi connectivity index (χ4v) is 4.80. The third-order valence-corrected chi connectivity index (χ3v) is 6.94. The zero-order valence-electron chi connectivity index (χ0n) is 23.0. The van der Waals surface area contributed by atoms with Gasteiger partial charge in [0.15, 0.2) is 0 Å². The van der Waals surface area contributed by atoms with Crippen LogP contribution in [0.3, 0.4) is 0 Å². The van der Waals surface area contributed by atoms with E-state index in [0.717, 1.165) is 30.5 Å². The number of rotatable bonds is 9. The molecule has 2 aliphatic heterocycles. The van der Waals surface area contributed by atoms with Crippen molar-refractivity contribution in [1.82, 2.24) is 14.9 Å². The Morgan fingerprint density at radius 2 is 1.90 bits per heavy atom. The summed E-state index contributed by atoms with van der Waals surface area (Å²) in [6.07, 6.45) is 5.87. The van der Waals surface area contributed by atoms with Crippen LogP contribution in [0.2, 0.25) is 5.02 Å². The SMILES string of the molecule is CC(C)(C)OC(=O)N1CCN(c2ncnc3c2/C(=C/Nc2ccc(Cl)c(CCCCCC(=O)O)c2)C(=O)N3)CC1. The van der Waals surface area contributed by atoms with Crippen LogP contribution in [0.5, 0.6) is 0 Å². The Morgan fingerprint density at radius 1 is 1.15 bits per heavy atom. The smallest absolute Gasteiger partial charge is 0.410 e. The van der Waals surface area contributed by atoms with Crippen molar-refractivity contribution in [3.8, 4) is 0 Å². The van der Waals surface area contributed by atoms with Crippen LogP contribution in [0.4, 0.5) is 22.1 Å². The predicted octanol–water partition coefficient (Wildman–Crippen LogP) is 4.78. The molecule has 40 heavy (non-hydrogen) atoms. The normalized spacial score (nSPS) is 16.1. The highest BCUT2D eigenvalue weighted by Crippen LogP contribution is 2.37. The molecular formula is C28H35ClN6O5. The number of fused-ring (bicyclic) bond motifs is 1. The Morgan fingerprint density at radius 3 is 2.60 bits per heavy atom. The van der Waals surface area contributed by atoms with Gasteiger partial charge in [-0.05, 0) is 63.8 Å². The van der Waals surface area contributed by atoms with Gasteiger partial charge in [0.05, 0.1) is 11.1 Å². The Kier molecular flexibility index (Phi) is 9.14. The van der Waals surface area contributed by atoms with E-state index in [2.05, 4.69) is 20.6 Å². The number of hydrogen-bond acceptors (Lipinski definition) is 8. The largest absolute Gasteiger partial charge is 0.481 e. The summed E-state index contributed by atoms with van der Waals surface area (Å²) < 4.78 is 5.50. The van der Waals surface area contributed by atoms with Crippen molar-refractivity contribution in [3.05, 3.63) is 46.9 Å². The van der Waals surface area contributed by atoms with Crippen molar-refractivity contribution < 1.29 is 24.2 Å². The average molecular weight is 571 g/mol. The van der Waals surface area contributed by atoms with Crippen LogP contribution < -0.4 is 15.5 Å². The summed E-state index contributed by atoms with van der Waals surface area (Å²) in [6.45, 7) is 7.52. The first-order valence-electron chi connectivity index (χ1n) is 13.4. The van der Waals surface area contributed by atoms with Crippen molar-refractivity contribution in [1.29, 1.82) is 0 Å². The van der Waals surface area contributed by atoms with Gasteiger partial charge in [-0.3, -0.25) is 9.59 Å². The molecule has 1 saturated heterocycles. The molecule has 1 aromatic heterocycles. The van der Waals surface area contributed by atoms with Gasteiger partial charge in [-0.25, -0.2) is 14.8 Å². The summed E-state index contributed by atoms with van der Waals surface area (Å²) in [5.41, 5.74) is 2.17. The monoisotopic (exact) mass is 570 g/mol. The van der Waals surface area contributed by atoms with E-state index in [-0.39, 0.29) is 18.4 Å². The number of carboxylic acids is 1. The molecule has 2 aromatic rings. The molecular weight excluding hydrogens is 536 g/mol. The first-order chi connectivity index (χ1) is 19.0. The lowest BCUT2D eigenvalue weighted by Crippen LogP contribution is -2.50. The van der Waals surface area contributed by atoms with E-state index in [1.165, 1.54) is 6.33 Å². The molecule has 12 heteroatoms. The van der Waals surface area contributed by atoms with Crippen LogP contribution in [0.15, 0.2) is 30.7 Å². The van der Waals surface area contributed by atoms with E-state index in [9.17, 15) is 14.4 Å². The van der Waals surface area contributed by atoms with Gasteiger partial charge < -0.3 is 30.3 Å². The molecule has 0 spiro atoms. The Balaban J connectivity index is 1.45. The lowest BCUT2D eigenvalue weighted by Gasteiger charge is -2.36. The lowest BCUT2D eigenvalue weighted by molar-refractivity contribution is -0.137. The summed E-state index contributed by atoms with van der Waals surface area (Å²) in [6, 6.07) is 5.57. The maximum atomic E-state index is 12.9. The molecule has 1 fully saturated rings. The quantitative estimate of drug-likeness (QED) is 0.287. The number of carbonyl (C=O) groups excluding carboxylic acids is 2. The van der Waals surface area contributed by atoms with Gasteiger partial charge in [0, 0.05) is 49.5 Å². The summed E-state index contributed by atoms with van der Waals surface area (Å²) >= 11 is 6.39. The van der Waals surface area contributed by atoms with Crippen LogP contribution in [-0.2, 0) is 20.7 Å². The molecule has 214 valence electrons. The van der Waals surface area contributed by atoms with E-state index >= 15 is 0 Å². The molecule has 4 rings (SSSR count). The Labute approximate surface area is 238 Å². The van der Waals surface area contributed by atoms with Crippen LogP contribution >= 0.6 is 11.6 Å². The summed E-state index contributed by atoms with van der Waals surface area (Å²) in [5, 5.41) is 15.5. The van der Waals surface area contributed by atoms with Gasteiger partial charge in [0.1, 0.15) is 23.6 Å². The van der Waals surface area contributed by atoms with E-state index < -0.39 is 11.6 Å². The first-order valence-corrected chi connectivity index (χ1v) is 13.8. The van der Waals surface area contributed by atoms with E-state index in [1.54, 1.807) is 17.2 Å². The molecule has 1 aromatic carbocycles.